The number of rotatable bonds is 6. The van der Waals surface area contributed by atoms with Gasteiger partial charge < -0.3 is 5.11 Å². The summed E-state index contributed by atoms with van der Waals surface area (Å²) in [5, 5.41) is 9.72. The molecular weight excluding hydrogens is 222 g/mol. The summed E-state index contributed by atoms with van der Waals surface area (Å²) >= 11 is 0. The SMILES string of the molecule is CC(C)=CCC/C(C)=C/CN1CCC[C@H]1C(C)O. The van der Waals surface area contributed by atoms with Gasteiger partial charge in [0.1, 0.15) is 0 Å². The molecule has 1 heterocycles. The number of hydrogen-bond acceptors (Lipinski definition) is 2. The van der Waals surface area contributed by atoms with Crippen molar-refractivity contribution in [1.82, 2.24) is 4.90 Å². The molecule has 18 heavy (non-hydrogen) atoms. The van der Waals surface area contributed by atoms with E-state index in [0.717, 1.165) is 32.4 Å². The van der Waals surface area contributed by atoms with Gasteiger partial charge in [0.15, 0.2) is 0 Å². The van der Waals surface area contributed by atoms with Crippen LogP contribution in [0.4, 0.5) is 0 Å². The minimum atomic E-state index is -0.202. The zero-order chi connectivity index (χ0) is 13.5. The minimum Gasteiger partial charge on any atom is -0.392 e. The van der Waals surface area contributed by atoms with Crippen LogP contribution in [0.2, 0.25) is 0 Å². The van der Waals surface area contributed by atoms with Gasteiger partial charge in [-0.05, 0) is 59.9 Å². The Balaban J connectivity index is 2.36. The molecule has 0 bridgehead atoms. The molecule has 1 unspecified atom stereocenters. The number of allylic oxidation sites excluding steroid dienone is 3. The molecule has 104 valence electrons. The lowest BCUT2D eigenvalue weighted by atomic mass is 10.1. The Morgan fingerprint density at radius 3 is 2.67 bits per heavy atom. The van der Waals surface area contributed by atoms with Gasteiger partial charge in [0.25, 0.3) is 0 Å². The quantitative estimate of drug-likeness (QED) is 0.730. The first kappa shape index (κ1) is 15.5. The highest BCUT2D eigenvalue weighted by atomic mass is 16.3. The van der Waals surface area contributed by atoms with E-state index in [4.69, 9.17) is 0 Å². The van der Waals surface area contributed by atoms with Gasteiger partial charge in [0.2, 0.25) is 0 Å². The summed E-state index contributed by atoms with van der Waals surface area (Å²) < 4.78 is 0. The maximum absolute atomic E-state index is 9.72. The number of nitrogens with zero attached hydrogens (tertiary/aromatic N) is 1. The third kappa shape index (κ3) is 5.36. The average molecular weight is 251 g/mol. The molecule has 1 N–H and O–H groups in total. The maximum atomic E-state index is 9.72. The van der Waals surface area contributed by atoms with Crippen LogP contribution in [0.25, 0.3) is 0 Å². The number of aliphatic hydroxyl groups excluding tert-OH is 1. The number of likely N-dealkylation sites (tertiary alicyclic amines) is 1. The summed E-state index contributed by atoms with van der Waals surface area (Å²) in [5.41, 5.74) is 2.86. The molecule has 0 aromatic heterocycles. The Kier molecular flexibility index (Phi) is 6.66. The molecule has 0 aromatic carbocycles. The standard InChI is InChI=1S/C16H29NO/c1-13(2)7-5-8-14(3)10-12-17-11-6-9-16(17)15(4)18/h7,10,15-16,18H,5-6,8-9,11-12H2,1-4H3/b14-10+/t15?,16-/m0/s1. The minimum absolute atomic E-state index is 0.202. The van der Waals surface area contributed by atoms with E-state index < -0.39 is 0 Å². The lowest BCUT2D eigenvalue weighted by Gasteiger charge is -2.25. The van der Waals surface area contributed by atoms with Crippen molar-refractivity contribution in [2.45, 2.75) is 65.5 Å². The lowest BCUT2D eigenvalue weighted by molar-refractivity contribution is 0.0931. The zero-order valence-corrected chi connectivity index (χ0v) is 12.4. The summed E-state index contributed by atoms with van der Waals surface area (Å²) in [5.74, 6) is 0. The zero-order valence-electron chi connectivity index (χ0n) is 12.4. The van der Waals surface area contributed by atoms with E-state index in [1.807, 2.05) is 6.92 Å². The van der Waals surface area contributed by atoms with Crippen LogP contribution in [0, 0.1) is 0 Å². The Morgan fingerprint density at radius 2 is 2.06 bits per heavy atom. The van der Waals surface area contributed by atoms with Gasteiger partial charge >= 0.3 is 0 Å². The molecule has 0 saturated carbocycles. The van der Waals surface area contributed by atoms with Crippen molar-refractivity contribution in [1.29, 1.82) is 0 Å². The summed E-state index contributed by atoms with van der Waals surface area (Å²) in [6.07, 6.45) is 9.09. The largest absolute Gasteiger partial charge is 0.392 e. The van der Waals surface area contributed by atoms with E-state index in [0.29, 0.717) is 6.04 Å². The van der Waals surface area contributed by atoms with Gasteiger partial charge in [-0.2, -0.15) is 0 Å². The fourth-order valence-electron chi connectivity index (χ4n) is 2.59. The van der Waals surface area contributed by atoms with E-state index in [1.165, 1.54) is 17.6 Å². The van der Waals surface area contributed by atoms with Crippen molar-refractivity contribution in [3.8, 4) is 0 Å². The van der Waals surface area contributed by atoms with Crippen molar-refractivity contribution in [2.24, 2.45) is 0 Å². The smallest absolute Gasteiger partial charge is 0.0667 e. The molecule has 1 rings (SSSR count). The first-order valence-corrected chi connectivity index (χ1v) is 7.22. The summed E-state index contributed by atoms with van der Waals surface area (Å²) in [4.78, 5) is 2.41. The Hall–Kier alpha value is -0.600. The molecule has 1 aliphatic heterocycles. The third-order valence-electron chi connectivity index (χ3n) is 3.74. The molecule has 1 fully saturated rings. The maximum Gasteiger partial charge on any atom is 0.0667 e. The van der Waals surface area contributed by atoms with Gasteiger partial charge in [-0.1, -0.05) is 23.3 Å². The van der Waals surface area contributed by atoms with E-state index in [2.05, 4.69) is 37.8 Å². The Labute approximate surface area is 112 Å². The Bertz CT molecular complexity index is 300. The molecule has 2 heteroatoms. The fraction of sp³-hybridized carbons (Fsp3) is 0.750. The van der Waals surface area contributed by atoms with E-state index in [1.54, 1.807) is 0 Å². The molecule has 1 aliphatic rings. The van der Waals surface area contributed by atoms with Crippen LogP contribution in [0.1, 0.15) is 53.4 Å². The van der Waals surface area contributed by atoms with Gasteiger partial charge in [0, 0.05) is 12.6 Å². The van der Waals surface area contributed by atoms with Gasteiger partial charge in [-0.25, -0.2) is 0 Å². The molecule has 0 radical (unpaired) electrons. The summed E-state index contributed by atoms with van der Waals surface area (Å²) in [6, 6.07) is 0.367. The molecule has 2 nitrogen and oxygen atoms in total. The van der Waals surface area contributed by atoms with E-state index in [-0.39, 0.29) is 6.10 Å². The first-order valence-electron chi connectivity index (χ1n) is 7.22. The predicted molar refractivity (Wildman–Crippen MR) is 78.7 cm³/mol. The van der Waals surface area contributed by atoms with E-state index >= 15 is 0 Å². The number of aliphatic hydroxyl groups is 1. The highest BCUT2D eigenvalue weighted by Gasteiger charge is 2.26. The van der Waals surface area contributed by atoms with Crippen LogP contribution in [0.5, 0.6) is 0 Å². The van der Waals surface area contributed by atoms with Crippen molar-refractivity contribution in [2.75, 3.05) is 13.1 Å². The number of hydrogen-bond donors (Lipinski definition) is 1. The average Bonchev–Trinajstić information content (AvgIpc) is 2.74. The van der Waals surface area contributed by atoms with Gasteiger partial charge in [-0.15, -0.1) is 0 Å². The predicted octanol–water partition coefficient (Wildman–Crippen LogP) is 3.52. The molecule has 0 amide bonds. The highest BCUT2D eigenvalue weighted by molar-refractivity contribution is 5.04. The molecule has 2 atom stereocenters. The molecule has 0 spiro atoms. The van der Waals surface area contributed by atoms with Crippen molar-refractivity contribution in [3.05, 3.63) is 23.3 Å². The Morgan fingerprint density at radius 1 is 1.33 bits per heavy atom. The van der Waals surface area contributed by atoms with Crippen LogP contribution >= 0.6 is 0 Å². The van der Waals surface area contributed by atoms with Gasteiger partial charge in [0.05, 0.1) is 6.10 Å². The van der Waals surface area contributed by atoms with Crippen molar-refractivity contribution in [3.63, 3.8) is 0 Å². The van der Waals surface area contributed by atoms with Crippen LogP contribution in [0.3, 0.4) is 0 Å². The fourth-order valence-corrected chi connectivity index (χ4v) is 2.59. The molecule has 0 aliphatic carbocycles. The lowest BCUT2D eigenvalue weighted by Crippen LogP contribution is -2.37. The third-order valence-corrected chi connectivity index (χ3v) is 3.74. The molecular formula is C16H29NO. The molecule has 1 saturated heterocycles. The summed E-state index contributed by atoms with van der Waals surface area (Å²) in [7, 11) is 0. The van der Waals surface area contributed by atoms with Crippen LogP contribution in [0.15, 0.2) is 23.3 Å². The summed E-state index contributed by atoms with van der Waals surface area (Å²) in [6.45, 7) is 10.6. The highest BCUT2D eigenvalue weighted by Crippen LogP contribution is 2.20. The van der Waals surface area contributed by atoms with Crippen LogP contribution < -0.4 is 0 Å². The van der Waals surface area contributed by atoms with Crippen molar-refractivity contribution < 1.29 is 5.11 Å². The second-order valence-corrected chi connectivity index (χ2v) is 5.82. The van der Waals surface area contributed by atoms with Crippen LogP contribution in [-0.2, 0) is 0 Å². The van der Waals surface area contributed by atoms with Gasteiger partial charge in [-0.3, -0.25) is 4.90 Å². The van der Waals surface area contributed by atoms with Crippen molar-refractivity contribution >= 4 is 0 Å². The van der Waals surface area contributed by atoms with E-state index in [9.17, 15) is 5.11 Å². The van der Waals surface area contributed by atoms with Crippen LogP contribution in [-0.4, -0.2) is 35.2 Å². The normalized spacial score (nSPS) is 23.2. The second kappa shape index (κ2) is 7.75. The first-order chi connectivity index (χ1) is 8.50. The monoisotopic (exact) mass is 251 g/mol. The topological polar surface area (TPSA) is 23.5 Å². The molecule has 0 aromatic rings. The second-order valence-electron chi connectivity index (χ2n) is 5.82.